The summed E-state index contributed by atoms with van der Waals surface area (Å²) in [4.78, 5) is 11.4. The van der Waals surface area contributed by atoms with E-state index in [-0.39, 0.29) is 5.92 Å². The third kappa shape index (κ3) is 7.07. The highest BCUT2D eigenvalue weighted by molar-refractivity contribution is 6.16. The minimum atomic E-state index is 0.284. The van der Waals surface area contributed by atoms with Crippen molar-refractivity contribution in [3.8, 4) is 56.4 Å². The second-order valence-electron chi connectivity index (χ2n) is 19.5. The number of aromatic nitrogens is 4. The Bertz CT molecular complexity index is 3380. The van der Waals surface area contributed by atoms with Crippen LogP contribution >= 0.6 is 0 Å². The summed E-state index contributed by atoms with van der Waals surface area (Å²) in [6, 6.07) is 62.1. The number of pyridine rings is 1. The SMILES string of the molecule is Cc1cccc(C(C)C)c1-n1c(-n2c3ccccc3c3c(-c4ccccc4)cccc32)nc2c(-c3nc(-c4ccccc4)cc(-c4ccc(C5CCC(C)(C)CC5)cc4)c3C)cccc21. The summed E-state index contributed by atoms with van der Waals surface area (Å²) < 4.78 is 4.84. The van der Waals surface area contributed by atoms with Gasteiger partial charge in [-0.25, -0.2) is 9.97 Å². The summed E-state index contributed by atoms with van der Waals surface area (Å²) in [6.07, 6.45) is 5.07. The Morgan fingerprint density at radius 1 is 0.554 bits per heavy atom. The minimum absolute atomic E-state index is 0.284. The van der Waals surface area contributed by atoms with Gasteiger partial charge in [0, 0.05) is 21.9 Å². The zero-order valence-electron chi connectivity index (χ0n) is 38.4. The molecule has 0 amide bonds. The maximum absolute atomic E-state index is 5.86. The lowest BCUT2D eigenvalue weighted by Gasteiger charge is -2.34. The number of imidazole rings is 1. The molecule has 1 aliphatic rings. The summed E-state index contributed by atoms with van der Waals surface area (Å²) in [6.45, 7) is 13.9. The molecule has 4 heteroatoms. The zero-order valence-corrected chi connectivity index (χ0v) is 38.4. The van der Waals surface area contributed by atoms with Crippen LogP contribution in [0.25, 0.3) is 89.2 Å². The monoisotopic (exact) mass is 844 g/mol. The third-order valence-corrected chi connectivity index (χ3v) is 14.4. The lowest BCUT2D eigenvalue weighted by atomic mass is 9.71. The van der Waals surface area contributed by atoms with Crippen molar-refractivity contribution in [1.29, 1.82) is 0 Å². The number of aryl methyl sites for hydroxylation is 1. The van der Waals surface area contributed by atoms with Gasteiger partial charge in [-0.2, -0.15) is 0 Å². The fourth-order valence-corrected chi connectivity index (χ4v) is 10.8. The van der Waals surface area contributed by atoms with Crippen molar-refractivity contribution in [3.63, 3.8) is 0 Å². The van der Waals surface area contributed by atoms with Crippen LogP contribution in [0.3, 0.4) is 0 Å². The number of hydrogen-bond donors (Lipinski definition) is 0. The van der Waals surface area contributed by atoms with Crippen LogP contribution in [0.2, 0.25) is 0 Å². The highest BCUT2D eigenvalue weighted by Crippen LogP contribution is 2.45. The van der Waals surface area contributed by atoms with E-state index in [1.807, 2.05) is 0 Å². The lowest BCUT2D eigenvalue weighted by molar-refractivity contribution is 0.224. The van der Waals surface area contributed by atoms with E-state index in [1.54, 1.807) is 0 Å². The fraction of sp³-hybridized carbons (Fsp3) is 0.213. The van der Waals surface area contributed by atoms with Gasteiger partial charge in [0.05, 0.1) is 33.6 Å². The molecule has 11 rings (SSSR count). The van der Waals surface area contributed by atoms with Crippen molar-refractivity contribution < 1.29 is 0 Å². The highest BCUT2D eigenvalue weighted by Gasteiger charge is 2.29. The van der Waals surface area contributed by atoms with Crippen LogP contribution in [-0.2, 0) is 0 Å². The first-order chi connectivity index (χ1) is 31.6. The number of rotatable bonds is 8. The molecule has 0 spiro atoms. The van der Waals surface area contributed by atoms with Crippen molar-refractivity contribution in [2.75, 3.05) is 0 Å². The lowest BCUT2D eigenvalue weighted by Crippen LogP contribution is -2.20. The average Bonchev–Trinajstić information content (AvgIpc) is 3.88. The van der Waals surface area contributed by atoms with Crippen LogP contribution in [-0.4, -0.2) is 19.1 Å². The molecule has 1 saturated carbocycles. The van der Waals surface area contributed by atoms with Crippen molar-refractivity contribution in [2.45, 2.75) is 79.1 Å². The first-order valence-electron chi connectivity index (χ1n) is 23.5. The molecular weight excluding hydrogens is 789 g/mol. The Kier molecular flexibility index (Phi) is 10.1. The van der Waals surface area contributed by atoms with E-state index in [0.717, 1.165) is 56.1 Å². The van der Waals surface area contributed by atoms with Gasteiger partial charge in [-0.3, -0.25) is 9.13 Å². The number of fused-ring (bicyclic) bond motifs is 4. The van der Waals surface area contributed by atoms with Gasteiger partial charge >= 0.3 is 0 Å². The van der Waals surface area contributed by atoms with E-state index < -0.39 is 0 Å². The van der Waals surface area contributed by atoms with Gasteiger partial charge in [0.25, 0.3) is 0 Å². The molecular formula is C61H56N4. The molecule has 0 bridgehead atoms. The van der Waals surface area contributed by atoms with E-state index in [4.69, 9.17) is 9.97 Å². The Labute approximate surface area is 383 Å². The summed E-state index contributed by atoms with van der Waals surface area (Å²) in [5.41, 5.74) is 19.7. The molecule has 0 unspecified atom stereocenters. The Hall–Kier alpha value is -7.04. The Balaban J connectivity index is 1.18. The second kappa shape index (κ2) is 16.2. The Morgan fingerprint density at radius 3 is 1.89 bits per heavy atom. The number of para-hydroxylation sites is 3. The molecule has 0 atom stereocenters. The standard InChI is InChI=1S/C61H56N4/c1-39(2)47-24-15-18-40(3)59(47)65-55-29-17-26-50(58(55)63-60(65)64-53-27-14-13-23-49(53)56-48(25-16-28-54(56)64)44-19-9-7-10-20-44)57-41(4)51(38-52(62-57)46-21-11-8-12-22-46)45-32-30-42(31-33-45)43-34-36-61(5,6)37-35-43/h7-33,38-39,43H,34-37H2,1-6H3. The topological polar surface area (TPSA) is 35.6 Å². The summed E-state index contributed by atoms with van der Waals surface area (Å²) in [5, 5.41) is 2.42. The van der Waals surface area contributed by atoms with Gasteiger partial charge in [-0.05, 0) is 126 Å². The van der Waals surface area contributed by atoms with Gasteiger partial charge < -0.3 is 0 Å². The quantitative estimate of drug-likeness (QED) is 0.153. The molecule has 0 aliphatic heterocycles. The van der Waals surface area contributed by atoms with Crippen LogP contribution in [0.1, 0.15) is 87.5 Å². The number of benzene rings is 7. The van der Waals surface area contributed by atoms with Gasteiger partial charge in [0.1, 0.15) is 5.52 Å². The van der Waals surface area contributed by atoms with Crippen LogP contribution in [0, 0.1) is 19.3 Å². The molecule has 3 aromatic heterocycles. The van der Waals surface area contributed by atoms with Crippen molar-refractivity contribution in [2.24, 2.45) is 5.41 Å². The molecule has 1 fully saturated rings. The first kappa shape index (κ1) is 40.7. The maximum atomic E-state index is 5.86. The summed E-state index contributed by atoms with van der Waals surface area (Å²) >= 11 is 0. The summed E-state index contributed by atoms with van der Waals surface area (Å²) in [7, 11) is 0. The predicted molar refractivity (Wildman–Crippen MR) is 274 cm³/mol. The van der Waals surface area contributed by atoms with Gasteiger partial charge in [-0.1, -0.05) is 173 Å². The molecule has 4 nitrogen and oxygen atoms in total. The third-order valence-electron chi connectivity index (χ3n) is 14.4. The van der Waals surface area contributed by atoms with Crippen molar-refractivity contribution >= 4 is 32.8 Å². The zero-order chi connectivity index (χ0) is 44.4. The minimum Gasteiger partial charge on any atom is -0.279 e. The van der Waals surface area contributed by atoms with E-state index in [9.17, 15) is 0 Å². The van der Waals surface area contributed by atoms with Crippen molar-refractivity contribution in [1.82, 2.24) is 19.1 Å². The molecule has 3 heterocycles. The molecule has 0 saturated heterocycles. The normalized spacial score (nSPS) is 14.3. The molecule has 0 N–H and O–H groups in total. The van der Waals surface area contributed by atoms with Crippen molar-refractivity contribution in [3.05, 3.63) is 192 Å². The van der Waals surface area contributed by atoms with Crippen LogP contribution in [0.15, 0.2) is 170 Å². The molecule has 1 aliphatic carbocycles. The fourth-order valence-electron chi connectivity index (χ4n) is 10.8. The molecule has 7 aromatic carbocycles. The van der Waals surface area contributed by atoms with E-state index in [0.29, 0.717) is 11.3 Å². The largest absolute Gasteiger partial charge is 0.279 e. The van der Waals surface area contributed by atoms with Gasteiger partial charge in [0.2, 0.25) is 5.95 Å². The van der Waals surface area contributed by atoms with Crippen LogP contribution < -0.4 is 0 Å². The molecule has 320 valence electrons. The Morgan fingerprint density at radius 2 is 1.17 bits per heavy atom. The summed E-state index contributed by atoms with van der Waals surface area (Å²) in [5.74, 6) is 1.77. The van der Waals surface area contributed by atoms with E-state index >= 15 is 0 Å². The maximum Gasteiger partial charge on any atom is 0.220 e. The smallest absolute Gasteiger partial charge is 0.220 e. The second-order valence-corrected chi connectivity index (χ2v) is 19.5. The van der Waals surface area contributed by atoms with Gasteiger partial charge in [-0.15, -0.1) is 0 Å². The van der Waals surface area contributed by atoms with E-state index in [1.165, 1.54) is 81.1 Å². The predicted octanol–water partition coefficient (Wildman–Crippen LogP) is 16.6. The van der Waals surface area contributed by atoms with E-state index in [2.05, 4.69) is 221 Å². The highest BCUT2D eigenvalue weighted by atomic mass is 15.3. The van der Waals surface area contributed by atoms with Gasteiger partial charge in [0.15, 0.2) is 0 Å². The number of hydrogen-bond acceptors (Lipinski definition) is 2. The molecule has 65 heavy (non-hydrogen) atoms. The van der Waals surface area contributed by atoms with Crippen LogP contribution in [0.4, 0.5) is 0 Å². The van der Waals surface area contributed by atoms with Crippen LogP contribution in [0.5, 0.6) is 0 Å². The first-order valence-corrected chi connectivity index (χ1v) is 23.5. The molecule has 0 radical (unpaired) electrons. The molecule has 10 aromatic rings. The average molecular weight is 845 g/mol. The number of nitrogens with zero attached hydrogens (tertiary/aromatic N) is 4.